The van der Waals surface area contributed by atoms with Gasteiger partial charge in [-0.3, -0.25) is 0 Å². The van der Waals surface area contributed by atoms with Crippen LogP contribution in [0.2, 0.25) is 0 Å². The molecule has 0 amide bonds. The number of morpholine rings is 2. The molecule has 11 heteroatoms. The van der Waals surface area contributed by atoms with Crippen LogP contribution in [0.4, 0.5) is 17.6 Å². The molecule has 1 N–H and O–H groups in total. The summed E-state index contributed by atoms with van der Waals surface area (Å²) in [6.07, 6.45) is 0. The second-order valence-corrected chi connectivity index (χ2v) is 6.37. The Morgan fingerprint density at radius 3 is 2.11 bits per heavy atom. The topological polar surface area (TPSA) is 106 Å². The Hall–Kier alpha value is -2.53. The van der Waals surface area contributed by atoms with Crippen LogP contribution in [0, 0.1) is 0 Å². The zero-order chi connectivity index (χ0) is 18.5. The van der Waals surface area contributed by atoms with Crippen molar-refractivity contribution in [2.75, 3.05) is 67.7 Å². The van der Waals surface area contributed by atoms with Gasteiger partial charge in [0.1, 0.15) is 11.6 Å². The van der Waals surface area contributed by atoms with E-state index in [0.717, 1.165) is 50.2 Å². The molecule has 0 aliphatic carbocycles. The molecule has 11 nitrogen and oxygen atoms in total. The van der Waals surface area contributed by atoms with Crippen molar-refractivity contribution in [3.8, 4) is 0 Å². The van der Waals surface area contributed by atoms with E-state index < -0.39 is 0 Å². The van der Waals surface area contributed by atoms with Gasteiger partial charge in [0.2, 0.25) is 5.95 Å². The highest BCUT2D eigenvalue weighted by atomic mass is 16.5. The fourth-order valence-electron chi connectivity index (χ4n) is 3.16. The number of anilines is 3. The van der Waals surface area contributed by atoms with Crippen molar-refractivity contribution in [3.05, 3.63) is 11.9 Å². The lowest BCUT2D eigenvalue weighted by atomic mass is 10.3. The smallest absolute Gasteiger partial charge is 0.227 e. The Labute approximate surface area is 157 Å². The lowest BCUT2D eigenvalue weighted by Crippen LogP contribution is -2.39. The lowest BCUT2D eigenvalue weighted by molar-refractivity contribution is 0.122. The molecule has 146 valence electrons. The molecule has 0 aromatic carbocycles. The quantitative estimate of drug-likeness (QED) is 0.727. The van der Waals surface area contributed by atoms with Gasteiger partial charge in [0.25, 0.3) is 0 Å². The van der Waals surface area contributed by atoms with E-state index in [9.17, 15) is 0 Å². The summed E-state index contributed by atoms with van der Waals surface area (Å²) in [6, 6.07) is 2.05. The van der Waals surface area contributed by atoms with Crippen molar-refractivity contribution in [2.45, 2.75) is 20.0 Å². The normalized spacial score (nSPS) is 18.0. The van der Waals surface area contributed by atoms with E-state index in [1.54, 1.807) is 4.68 Å². The molecule has 2 aromatic rings. The molecule has 4 rings (SSSR count). The molecule has 0 saturated carbocycles. The molecule has 2 fully saturated rings. The lowest BCUT2D eigenvalue weighted by Gasteiger charge is -2.31. The minimum absolute atomic E-state index is 0.468. The van der Waals surface area contributed by atoms with Crippen LogP contribution in [0.1, 0.15) is 12.7 Å². The Morgan fingerprint density at radius 2 is 1.56 bits per heavy atom. The third kappa shape index (κ3) is 4.25. The third-order valence-electron chi connectivity index (χ3n) is 4.68. The summed E-state index contributed by atoms with van der Waals surface area (Å²) in [4.78, 5) is 13.9. The van der Waals surface area contributed by atoms with Crippen molar-refractivity contribution in [3.63, 3.8) is 0 Å². The van der Waals surface area contributed by atoms with Gasteiger partial charge in [0.15, 0.2) is 5.82 Å². The van der Waals surface area contributed by atoms with Gasteiger partial charge in [0, 0.05) is 38.8 Å². The number of ether oxygens (including phenoxy) is 2. The van der Waals surface area contributed by atoms with Gasteiger partial charge >= 0.3 is 0 Å². The summed E-state index contributed by atoms with van der Waals surface area (Å²) in [5.41, 5.74) is 0. The molecule has 2 aliphatic rings. The number of tetrazole rings is 1. The molecule has 2 saturated heterocycles. The SMILES string of the molecule is CCn1nnnc1CNc1nc(N2CCOCC2)cc(N2CCOCC2)n1. The van der Waals surface area contributed by atoms with Gasteiger partial charge in [0.05, 0.1) is 33.0 Å². The Kier molecular flexibility index (Phi) is 5.58. The number of aromatic nitrogens is 6. The summed E-state index contributed by atoms with van der Waals surface area (Å²) in [5, 5.41) is 15.0. The van der Waals surface area contributed by atoms with Crippen molar-refractivity contribution >= 4 is 17.6 Å². The fourth-order valence-corrected chi connectivity index (χ4v) is 3.16. The van der Waals surface area contributed by atoms with Gasteiger partial charge in [-0.2, -0.15) is 9.97 Å². The van der Waals surface area contributed by atoms with Crippen LogP contribution in [-0.2, 0) is 22.6 Å². The minimum atomic E-state index is 0.468. The summed E-state index contributed by atoms with van der Waals surface area (Å²) in [5.74, 6) is 3.15. The minimum Gasteiger partial charge on any atom is -0.378 e. The molecule has 4 heterocycles. The number of rotatable bonds is 6. The molecule has 27 heavy (non-hydrogen) atoms. The van der Waals surface area contributed by atoms with Crippen LogP contribution >= 0.6 is 0 Å². The second-order valence-electron chi connectivity index (χ2n) is 6.37. The summed E-state index contributed by atoms with van der Waals surface area (Å²) < 4.78 is 12.7. The largest absolute Gasteiger partial charge is 0.378 e. The van der Waals surface area contributed by atoms with Crippen molar-refractivity contribution in [2.24, 2.45) is 0 Å². The number of nitrogens with zero attached hydrogens (tertiary/aromatic N) is 8. The maximum Gasteiger partial charge on any atom is 0.227 e. The molecule has 0 atom stereocenters. The van der Waals surface area contributed by atoms with Crippen molar-refractivity contribution < 1.29 is 9.47 Å². The number of nitrogens with one attached hydrogen (secondary N) is 1. The standard InChI is InChI=1S/C16H25N9O2/c1-2-25-15(20-21-22-25)12-17-16-18-13(23-3-7-26-8-4-23)11-14(19-16)24-5-9-27-10-6-24/h11H,2-10,12H2,1H3,(H,17,18,19). The molecule has 0 radical (unpaired) electrons. The zero-order valence-electron chi connectivity index (χ0n) is 15.5. The van der Waals surface area contributed by atoms with Crippen LogP contribution in [0.25, 0.3) is 0 Å². The highest BCUT2D eigenvalue weighted by molar-refractivity contribution is 5.55. The van der Waals surface area contributed by atoms with E-state index in [0.29, 0.717) is 38.9 Å². The molecule has 0 spiro atoms. The fraction of sp³-hybridized carbons (Fsp3) is 0.688. The Bertz CT molecular complexity index is 705. The van der Waals surface area contributed by atoms with E-state index in [1.807, 2.05) is 6.92 Å². The Balaban J connectivity index is 1.56. The monoisotopic (exact) mass is 375 g/mol. The molecule has 0 bridgehead atoms. The van der Waals surface area contributed by atoms with Crippen LogP contribution < -0.4 is 15.1 Å². The number of aryl methyl sites for hydroxylation is 1. The van der Waals surface area contributed by atoms with E-state index in [2.05, 4.69) is 36.7 Å². The van der Waals surface area contributed by atoms with Crippen LogP contribution in [0.3, 0.4) is 0 Å². The van der Waals surface area contributed by atoms with Crippen LogP contribution in [0.15, 0.2) is 6.07 Å². The zero-order valence-corrected chi connectivity index (χ0v) is 15.5. The van der Waals surface area contributed by atoms with E-state index in [1.165, 1.54) is 0 Å². The molecule has 0 unspecified atom stereocenters. The highest BCUT2D eigenvalue weighted by Crippen LogP contribution is 2.23. The maximum absolute atomic E-state index is 5.47. The van der Waals surface area contributed by atoms with Gasteiger partial charge < -0.3 is 24.6 Å². The molecule has 2 aliphatic heterocycles. The van der Waals surface area contributed by atoms with E-state index >= 15 is 0 Å². The average molecular weight is 375 g/mol. The third-order valence-corrected chi connectivity index (χ3v) is 4.68. The summed E-state index contributed by atoms with van der Waals surface area (Å²) >= 11 is 0. The van der Waals surface area contributed by atoms with Crippen LogP contribution in [-0.4, -0.2) is 82.8 Å². The van der Waals surface area contributed by atoms with Crippen LogP contribution in [0.5, 0.6) is 0 Å². The number of hydrogen-bond donors (Lipinski definition) is 1. The first-order valence-corrected chi connectivity index (χ1v) is 9.37. The van der Waals surface area contributed by atoms with E-state index in [4.69, 9.17) is 19.4 Å². The molecular formula is C16H25N9O2. The predicted molar refractivity (Wildman–Crippen MR) is 98.9 cm³/mol. The highest BCUT2D eigenvalue weighted by Gasteiger charge is 2.19. The Morgan fingerprint density at radius 1 is 0.963 bits per heavy atom. The summed E-state index contributed by atoms with van der Waals surface area (Å²) in [7, 11) is 0. The average Bonchev–Trinajstić information content (AvgIpc) is 3.21. The first-order chi connectivity index (χ1) is 13.3. The van der Waals surface area contributed by atoms with Crippen molar-refractivity contribution in [1.82, 2.24) is 30.2 Å². The first-order valence-electron chi connectivity index (χ1n) is 9.37. The van der Waals surface area contributed by atoms with E-state index in [-0.39, 0.29) is 0 Å². The first kappa shape index (κ1) is 17.9. The number of hydrogen-bond acceptors (Lipinski definition) is 10. The molecule has 2 aromatic heterocycles. The van der Waals surface area contributed by atoms with Gasteiger partial charge in [-0.25, -0.2) is 4.68 Å². The van der Waals surface area contributed by atoms with Crippen molar-refractivity contribution in [1.29, 1.82) is 0 Å². The van der Waals surface area contributed by atoms with Gasteiger partial charge in [-0.15, -0.1) is 5.10 Å². The summed E-state index contributed by atoms with van der Waals surface area (Å²) in [6.45, 7) is 9.35. The second kappa shape index (κ2) is 8.44. The molecular weight excluding hydrogens is 350 g/mol. The predicted octanol–water partition coefficient (Wildman–Crippen LogP) is -0.232. The maximum atomic E-state index is 5.47. The van der Waals surface area contributed by atoms with Gasteiger partial charge in [-0.1, -0.05) is 0 Å². The van der Waals surface area contributed by atoms with Gasteiger partial charge in [-0.05, 0) is 17.4 Å².